The monoisotopic (exact) mass is 300 g/mol. The fourth-order valence-electron chi connectivity index (χ4n) is 1.52. The number of rotatable bonds is 5. The smallest absolute Gasteiger partial charge is 0.323 e. The number of carboxylic acids is 1. The summed E-state index contributed by atoms with van der Waals surface area (Å²) in [5.41, 5.74) is 5.08. The van der Waals surface area contributed by atoms with Crippen LogP contribution in [0.2, 0.25) is 0 Å². The minimum Gasteiger partial charge on any atom is -0.480 e. The van der Waals surface area contributed by atoms with Gasteiger partial charge in [-0.2, -0.15) is 0 Å². The average molecular weight is 300 g/mol. The standard InChI is InChI=1S/C11H16N4O4S/c1-11(2,3)9-8(20-14-13-9)10(19)15(4-6(12)16)5-7(17)18/h4-5H2,1-3H3,(H2,12,16)(H,17,18). The van der Waals surface area contributed by atoms with Gasteiger partial charge in [-0.05, 0) is 11.5 Å². The summed E-state index contributed by atoms with van der Waals surface area (Å²) < 4.78 is 3.73. The fourth-order valence-corrected chi connectivity index (χ4v) is 2.36. The Labute approximate surface area is 119 Å². The summed E-state index contributed by atoms with van der Waals surface area (Å²) in [7, 11) is 0. The molecule has 2 amide bonds. The maximum atomic E-state index is 12.3. The van der Waals surface area contributed by atoms with Gasteiger partial charge in [0.2, 0.25) is 5.91 Å². The average Bonchev–Trinajstić information content (AvgIpc) is 2.74. The van der Waals surface area contributed by atoms with Crippen LogP contribution in [-0.2, 0) is 15.0 Å². The highest BCUT2D eigenvalue weighted by atomic mass is 32.1. The summed E-state index contributed by atoms with van der Waals surface area (Å²) in [6.45, 7) is 4.50. The summed E-state index contributed by atoms with van der Waals surface area (Å²) in [5, 5.41) is 12.7. The van der Waals surface area contributed by atoms with E-state index in [2.05, 4.69) is 9.59 Å². The first-order chi connectivity index (χ1) is 9.12. The lowest BCUT2D eigenvalue weighted by Gasteiger charge is -2.21. The minimum absolute atomic E-state index is 0.222. The third kappa shape index (κ3) is 3.98. The molecule has 0 fully saturated rings. The van der Waals surface area contributed by atoms with Crippen molar-refractivity contribution in [1.29, 1.82) is 0 Å². The van der Waals surface area contributed by atoms with Crippen molar-refractivity contribution in [2.75, 3.05) is 13.1 Å². The van der Waals surface area contributed by atoms with Crippen molar-refractivity contribution < 1.29 is 19.5 Å². The van der Waals surface area contributed by atoms with Crippen LogP contribution in [0.15, 0.2) is 0 Å². The molecule has 0 aliphatic heterocycles. The van der Waals surface area contributed by atoms with E-state index in [1.54, 1.807) is 0 Å². The maximum absolute atomic E-state index is 12.3. The second-order valence-corrected chi connectivity index (χ2v) is 5.98. The number of hydrogen-bond acceptors (Lipinski definition) is 6. The van der Waals surface area contributed by atoms with Crippen LogP contribution in [0, 0.1) is 0 Å². The van der Waals surface area contributed by atoms with Gasteiger partial charge in [0.25, 0.3) is 5.91 Å². The molecule has 1 heterocycles. The Bertz CT molecular complexity index is 519. The van der Waals surface area contributed by atoms with E-state index in [-0.39, 0.29) is 4.88 Å². The molecule has 0 atom stereocenters. The summed E-state index contributed by atoms with van der Waals surface area (Å²) in [6.07, 6.45) is 0. The van der Waals surface area contributed by atoms with E-state index in [4.69, 9.17) is 10.8 Å². The Morgan fingerprint density at radius 2 is 1.90 bits per heavy atom. The lowest BCUT2D eigenvalue weighted by molar-refractivity contribution is -0.138. The van der Waals surface area contributed by atoms with Crippen molar-refractivity contribution >= 4 is 29.3 Å². The van der Waals surface area contributed by atoms with E-state index < -0.39 is 36.3 Å². The molecule has 0 aliphatic rings. The Kier molecular flexibility index (Phi) is 4.77. The Morgan fingerprint density at radius 3 is 2.35 bits per heavy atom. The van der Waals surface area contributed by atoms with Gasteiger partial charge >= 0.3 is 5.97 Å². The quantitative estimate of drug-likeness (QED) is 0.778. The van der Waals surface area contributed by atoms with Gasteiger partial charge in [-0.3, -0.25) is 14.4 Å². The van der Waals surface area contributed by atoms with Crippen LogP contribution in [0.4, 0.5) is 0 Å². The summed E-state index contributed by atoms with van der Waals surface area (Å²) >= 11 is 0.870. The number of primary amides is 1. The molecule has 1 rings (SSSR count). The van der Waals surface area contributed by atoms with E-state index >= 15 is 0 Å². The van der Waals surface area contributed by atoms with Gasteiger partial charge < -0.3 is 15.7 Å². The predicted molar refractivity (Wildman–Crippen MR) is 71.3 cm³/mol. The SMILES string of the molecule is CC(C)(C)c1nnsc1C(=O)N(CC(N)=O)CC(=O)O. The number of hydrogen-bond donors (Lipinski definition) is 2. The number of carbonyl (C=O) groups is 3. The summed E-state index contributed by atoms with van der Waals surface area (Å²) in [5.74, 6) is -2.62. The number of carboxylic acid groups (broad SMARTS) is 1. The van der Waals surface area contributed by atoms with Crippen molar-refractivity contribution in [3.8, 4) is 0 Å². The van der Waals surface area contributed by atoms with Gasteiger partial charge in [0, 0.05) is 5.41 Å². The van der Waals surface area contributed by atoms with Gasteiger partial charge in [0.15, 0.2) is 0 Å². The van der Waals surface area contributed by atoms with E-state index in [0.29, 0.717) is 5.69 Å². The lowest BCUT2D eigenvalue weighted by atomic mass is 9.91. The van der Waals surface area contributed by atoms with E-state index in [9.17, 15) is 14.4 Å². The molecule has 0 bridgehead atoms. The molecule has 9 heteroatoms. The molecule has 0 saturated carbocycles. The largest absolute Gasteiger partial charge is 0.480 e. The molecular weight excluding hydrogens is 284 g/mol. The first-order valence-electron chi connectivity index (χ1n) is 5.75. The van der Waals surface area contributed by atoms with Crippen LogP contribution >= 0.6 is 11.5 Å². The van der Waals surface area contributed by atoms with Crippen LogP contribution in [0.3, 0.4) is 0 Å². The highest BCUT2D eigenvalue weighted by Gasteiger charge is 2.30. The van der Waals surface area contributed by atoms with Crippen LogP contribution in [0.1, 0.15) is 36.1 Å². The Morgan fingerprint density at radius 1 is 1.30 bits per heavy atom. The van der Waals surface area contributed by atoms with Gasteiger partial charge in [-0.25, -0.2) is 0 Å². The van der Waals surface area contributed by atoms with Crippen LogP contribution in [0.25, 0.3) is 0 Å². The summed E-state index contributed by atoms with van der Waals surface area (Å²) in [6, 6.07) is 0. The van der Waals surface area contributed by atoms with Crippen molar-refractivity contribution in [2.45, 2.75) is 26.2 Å². The summed E-state index contributed by atoms with van der Waals surface area (Å²) in [4.78, 5) is 35.1. The van der Waals surface area contributed by atoms with Crippen molar-refractivity contribution in [1.82, 2.24) is 14.5 Å². The van der Waals surface area contributed by atoms with Gasteiger partial charge in [-0.15, -0.1) is 5.10 Å². The fraction of sp³-hybridized carbons (Fsp3) is 0.545. The third-order valence-electron chi connectivity index (χ3n) is 2.35. The molecule has 0 radical (unpaired) electrons. The number of aromatic nitrogens is 2. The molecule has 20 heavy (non-hydrogen) atoms. The van der Waals surface area contributed by atoms with Crippen LogP contribution < -0.4 is 5.73 Å². The highest BCUT2D eigenvalue weighted by molar-refractivity contribution is 7.08. The van der Waals surface area contributed by atoms with E-state index in [1.807, 2.05) is 20.8 Å². The second-order valence-electron chi connectivity index (χ2n) is 5.22. The molecule has 0 unspecified atom stereocenters. The van der Waals surface area contributed by atoms with Gasteiger partial charge in [0.05, 0.1) is 5.69 Å². The molecular formula is C11H16N4O4S. The van der Waals surface area contributed by atoms with E-state index in [0.717, 1.165) is 16.4 Å². The molecule has 110 valence electrons. The number of carbonyl (C=O) groups excluding carboxylic acids is 2. The molecule has 0 spiro atoms. The first-order valence-corrected chi connectivity index (χ1v) is 6.52. The molecule has 3 N–H and O–H groups in total. The van der Waals surface area contributed by atoms with Crippen molar-refractivity contribution in [3.05, 3.63) is 10.6 Å². The van der Waals surface area contributed by atoms with Crippen molar-refractivity contribution in [3.63, 3.8) is 0 Å². The van der Waals surface area contributed by atoms with E-state index in [1.165, 1.54) is 0 Å². The van der Waals surface area contributed by atoms with Crippen LogP contribution in [0.5, 0.6) is 0 Å². The van der Waals surface area contributed by atoms with Gasteiger partial charge in [0.1, 0.15) is 18.0 Å². The number of amides is 2. The molecule has 0 aliphatic carbocycles. The first kappa shape index (κ1) is 16.0. The normalized spacial score (nSPS) is 11.2. The minimum atomic E-state index is -1.23. The Hall–Kier alpha value is -2.03. The van der Waals surface area contributed by atoms with Gasteiger partial charge in [-0.1, -0.05) is 25.3 Å². The zero-order valence-corrected chi connectivity index (χ0v) is 12.2. The Balaban J connectivity index is 3.09. The van der Waals surface area contributed by atoms with Crippen LogP contribution in [-0.4, -0.2) is 50.5 Å². The lowest BCUT2D eigenvalue weighted by Crippen LogP contribution is -2.41. The highest BCUT2D eigenvalue weighted by Crippen LogP contribution is 2.26. The molecule has 1 aromatic heterocycles. The predicted octanol–water partition coefficient (Wildman–Crippen LogP) is -0.152. The number of nitrogens with two attached hydrogens (primary N) is 1. The zero-order valence-electron chi connectivity index (χ0n) is 11.4. The third-order valence-corrected chi connectivity index (χ3v) is 3.07. The number of nitrogens with zero attached hydrogens (tertiary/aromatic N) is 3. The topological polar surface area (TPSA) is 126 Å². The molecule has 0 aromatic carbocycles. The molecule has 1 aromatic rings. The molecule has 8 nitrogen and oxygen atoms in total. The number of aliphatic carboxylic acids is 1. The zero-order chi connectivity index (χ0) is 15.5. The molecule has 0 saturated heterocycles. The maximum Gasteiger partial charge on any atom is 0.323 e. The van der Waals surface area contributed by atoms with Crippen molar-refractivity contribution in [2.24, 2.45) is 5.73 Å². The second kappa shape index (κ2) is 5.95.